The third-order valence-electron chi connectivity index (χ3n) is 3.74. The van der Waals surface area contributed by atoms with E-state index >= 15 is 0 Å². The van der Waals surface area contributed by atoms with Crippen molar-refractivity contribution in [1.82, 2.24) is 0 Å². The van der Waals surface area contributed by atoms with Crippen LogP contribution in [0.2, 0.25) is 0 Å². The largest absolute Gasteiger partial charge is 0.466 e. The number of ether oxygens (including phenoxy) is 1. The van der Waals surface area contributed by atoms with Gasteiger partial charge in [-0.1, -0.05) is 31.2 Å². The Balaban J connectivity index is 2.07. The Morgan fingerprint density at radius 3 is 2.37 bits per heavy atom. The zero-order valence-electron chi connectivity index (χ0n) is 11.5. The zero-order valence-corrected chi connectivity index (χ0v) is 11.5. The summed E-state index contributed by atoms with van der Waals surface area (Å²) in [5, 5.41) is 0. The molecule has 0 radical (unpaired) electrons. The van der Waals surface area contributed by atoms with Gasteiger partial charge in [0.25, 0.3) is 0 Å². The van der Waals surface area contributed by atoms with Crippen LogP contribution >= 0.6 is 0 Å². The molecule has 0 aromatic heterocycles. The van der Waals surface area contributed by atoms with E-state index in [1.54, 1.807) is 0 Å². The average Bonchev–Trinajstić information content (AvgIpc) is 2.37. The minimum atomic E-state index is -0.183. The van der Waals surface area contributed by atoms with E-state index in [2.05, 4.69) is 0 Å². The average molecular weight is 260 g/mol. The highest BCUT2D eigenvalue weighted by molar-refractivity contribution is 5.86. The Labute approximate surface area is 114 Å². The summed E-state index contributed by atoms with van der Waals surface area (Å²) in [5.41, 5.74) is 2.19. The molecule has 1 atom stereocenters. The molecule has 0 N–H and O–H groups in total. The summed E-state index contributed by atoms with van der Waals surface area (Å²) in [6.07, 6.45) is 2.06. The molecule has 102 valence electrons. The smallest absolute Gasteiger partial charge is 0.313 e. The van der Waals surface area contributed by atoms with Crippen LogP contribution in [0.1, 0.15) is 56.1 Å². The lowest BCUT2D eigenvalue weighted by Crippen LogP contribution is -2.21. The maximum absolute atomic E-state index is 11.8. The first-order chi connectivity index (χ1) is 9.15. The lowest BCUT2D eigenvalue weighted by atomic mass is 9.78. The van der Waals surface area contributed by atoms with Crippen LogP contribution in [0.5, 0.6) is 0 Å². The van der Waals surface area contributed by atoms with E-state index < -0.39 is 0 Å². The van der Waals surface area contributed by atoms with E-state index in [4.69, 9.17) is 4.74 Å². The van der Waals surface area contributed by atoms with Gasteiger partial charge in [-0.25, -0.2) is 0 Å². The summed E-state index contributed by atoms with van der Waals surface area (Å²) >= 11 is 0. The van der Waals surface area contributed by atoms with Gasteiger partial charge in [0.05, 0.1) is 12.5 Å². The van der Waals surface area contributed by atoms with E-state index in [9.17, 15) is 9.59 Å². The maximum atomic E-state index is 11.8. The lowest BCUT2D eigenvalue weighted by Gasteiger charge is -2.25. The second kappa shape index (κ2) is 6.00. The number of hydrogen-bond donors (Lipinski definition) is 0. The molecule has 1 saturated carbocycles. The van der Waals surface area contributed by atoms with Crippen molar-refractivity contribution in [3.8, 4) is 0 Å². The number of carbonyl (C=O) groups excluding carboxylic acids is 2. The molecule has 0 saturated heterocycles. The molecule has 1 aromatic rings. The highest BCUT2D eigenvalue weighted by atomic mass is 16.5. The Hall–Kier alpha value is -1.64. The van der Waals surface area contributed by atoms with Crippen molar-refractivity contribution in [2.75, 3.05) is 6.61 Å². The van der Waals surface area contributed by atoms with Crippen LogP contribution in [-0.4, -0.2) is 18.4 Å². The van der Waals surface area contributed by atoms with Gasteiger partial charge in [-0.05, 0) is 30.4 Å². The van der Waals surface area contributed by atoms with Crippen molar-refractivity contribution in [1.29, 1.82) is 0 Å². The summed E-state index contributed by atoms with van der Waals surface area (Å²) in [4.78, 5) is 22.8. The molecule has 0 spiro atoms. The molecule has 1 unspecified atom stereocenters. The van der Waals surface area contributed by atoms with Crippen molar-refractivity contribution in [2.45, 2.75) is 44.9 Å². The molecule has 0 amide bonds. The first-order valence-electron chi connectivity index (χ1n) is 6.93. The molecule has 1 fully saturated rings. The Morgan fingerprint density at radius 1 is 1.26 bits per heavy atom. The molecule has 3 nitrogen and oxygen atoms in total. The predicted molar refractivity (Wildman–Crippen MR) is 73.1 cm³/mol. The monoisotopic (exact) mass is 260 g/mol. The number of Topliss-reactive ketones (excluding diaryl/α,β-unsaturated/α-hetero) is 1. The van der Waals surface area contributed by atoms with Gasteiger partial charge in [-0.3, -0.25) is 9.59 Å². The van der Waals surface area contributed by atoms with Crippen LogP contribution in [-0.2, 0) is 14.3 Å². The molecule has 0 aliphatic heterocycles. The van der Waals surface area contributed by atoms with Gasteiger partial charge in [0.15, 0.2) is 0 Å². The molecule has 0 heterocycles. The van der Waals surface area contributed by atoms with E-state index in [0.29, 0.717) is 31.1 Å². The van der Waals surface area contributed by atoms with Crippen LogP contribution in [0.15, 0.2) is 24.3 Å². The van der Waals surface area contributed by atoms with Crippen LogP contribution < -0.4 is 0 Å². The van der Waals surface area contributed by atoms with Gasteiger partial charge in [0.1, 0.15) is 5.78 Å². The molecule has 19 heavy (non-hydrogen) atoms. The SMILES string of the molecule is CCOC(=O)C(CC)c1ccc(C2CC(=O)C2)cc1. The molecule has 2 rings (SSSR count). The Kier molecular flexibility index (Phi) is 4.35. The second-order valence-corrected chi connectivity index (χ2v) is 5.02. The molecule has 3 heteroatoms. The fraction of sp³-hybridized carbons (Fsp3) is 0.500. The van der Waals surface area contributed by atoms with E-state index in [0.717, 1.165) is 12.0 Å². The number of hydrogen-bond acceptors (Lipinski definition) is 3. The predicted octanol–water partition coefficient (Wildman–Crippen LogP) is 3.19. The first-order valence-corrected chi connectivity index (χ1v) is 6.93. The van der Waals surface area contributed by atoms with E-state index in [1.807, 2.05) is 38.1 Å². The molecule has 1 aliphatic carbocycles. The minimum Gasteiger partial charge on any atom is -0.466 e. The summed E-state index contributed by atoms with van der Waals surface area (Å²) in [6, 6.07) is 8.05. The van der Waals surface area contributed by atoms with Crippen molar-refractivity contribution in [3.63, 3.8) is 0 Å². The Morgan fingerprint density at radius 2 is 1.89 bits per heavy atom. The van der Waals surface area contributed by atoms with Crippen LogP contribution in [0, 0.1) is 0 Å². The third kappa shape index (κ3) is 3.03. The summed E-state index contributed by atoms with van der Waals surface area (Å²) in [6.45, 7) is 4.22. The standard InChI is InChI=1S/C16H20O3/c1-3-15(16(18)19-4-2)12-7-5-11(6-8-12)13-9-14(17)10-13/h5-8,13,15H,3-4,9-10H2,1-2H3. The molecule has 1 aliphatic rings. The Bertz CT molecular complexity index is 453. The fourth-order valence-electron chi connectivity index (χ4n) is 2.51. The second-order valence-electron chi connectivity index (χ2n) is 5.02. The van der Waals surface area contributed by atoms with Crippen LogP contribution in [0.4, 0.5) is 0 Å². The number of ketones is 1. The van der Waals surface area contributed by atoms with Gasteiger partial charge in [-0.2, -0.15) is 0 Å². The first kappa shape index (κ1) is 13.8. The van der Waals surface area contributed by atoms with Crippen molar-refractivity contribution in [2.24, 2.45) is 0 Å². The van der Waals surface area contributed by atoms with E-state index in [1.165, 1.54) is 5.56 Å². The van der Waals surface area contributed by atoms with Crippen molar-refractivity contribution in [3.05, 3.63) is 35.4 Å². The quantitative estimate of drug-likeness (QED) is 0.764. The molecule has 0 bridgehead atoms. The van der Waals surface area contributed by atoms with Gasteiger partial charge in [0.2, 0.25) is 0 Å². The normalized spacial score (nSPS) is 16.8. The van der Waals surface area contributed by atoms with Gasteiger partial charge < -0.3 is 4.74 Å². The highest BCUT2D eigenvalue weighted by Gasteiger charge is 2.28. The van der Waals surface area contributed by atoms with Crippen LogP contribution in [0.25, 0.3) is 0 Å². The highest BCUT2D eigenvalue weighted by Crippen LogP contribution is 2.34. The van der Waals surface area contributed by atoms with Gasteiger partial charge in [-0.15, -0.1) is 0 Å². The number of benzene rings is 1. The fourth-order valence-corrected chi connectivity index (χ4v) is 2.51. The number of esters is 1. The third-order valence-corrected chi connectivity index (χ3v) is 3.74. The summed E-state index contributed by atoms with van der Waals surface area (Å²) in [7, 11) is 0. The topological polar surface area (TPSA) is 43.4 Å². The summed E-state index contributed by atoms with van der Waals surface area (Å²) < 4.78 is 5.09. The molecule has 1 aromatic carbocycles. The maximum Gasteiger partial charge on any atom is 0.313 e. The molecular formula is C16H20O3. The zero-order chi connectivity index (χ0) is 13.8. The van der Waals surface area contributed by atoms with Gasteiger partial charge in [0, 0.05) is 12.8 Å². The minimum absolute atomic E-state index is 0.156. The molecular weight excluding hydrogens is 240 g/mol. The number of rotatable bonds is 5. The van der Waals surface area contributed by atoms with Crippen molar-refractivity contribution < 1.29 is 14.3 Å². The lowest BCUT2D eigenvalue weighted by molar-refractivity contribution is -0.145. The summed E-state index contributed by atoms with van der Waals surface area (Å²) in [5.74, 6) is 0.379. The van der Waals surface area contributed by atoms with Crippen LogP contribution in [0.3, 0.4) is 0 Å². The van der Waals surface area contributed by atoms with Crippen molar-refractivity contribution >= 4 is 11.8 Å². The number of carbonyl (C=O) groups is 2. The van der Waals surface area contributed by atoms with E-state index in [-0.39, 0.29) is 11.9 Å². The van der Waals surface area contributed by atoms with Gasteiger partial charge >= 0.3 is 5.97 Å².